The summed E-state index contributed by atoms with van der Waals surface area (Å²) in [5.74, 6) is 0.669. The van der Waals surface area contributed by atoms with Crippen LogP contribution in [0.5, 0.6) is 5.88 Å². The Labute approximate surface area is 78.4 Å². The molecule has 3 nitrogen and oxygen atoms in total. The molecule has 0 spiro atoms. The fourth-order valence-electron chi connectivity index (χ4n) is 0.946. The van der Waals surface area contributed by atoms with Crippen molar-refractivity contribution in [2.24, 2.45) is 5.73 Å². The third-order valence-electron chi connectivity index (χ3n) is 1.52. The quantitative estimate of drug-likeness (QED) is 0.761. The smallest absolute Gasteiger partial charge is 0.215 e. The molecule has 0 unspecified atom stereocenters. The maximum atomic E-state index is 5.43. The van der Waals surface area contributed by atoms with Gasteiger partial charge >= 0.3 is 0 Å². The van der Waals surface area contributed by atoms with Crippen LogP contribution >= 0.6 is 12.4 Å². The maximum absolute atomic E-state index is 5.43. The van der Waals surface area contributed by atoms with E-state index in [-0.39, 0.29) is 12.4 Å². The fraction of sp³-hybridized carbons (Fsp3) is 0.375. The number of ether oxygens (including phenoxy) is 1. The summed E-state index contributed by atoms with van der Waals surface area (Å²) < 4.78 is 4.99. The highest BCUT2D eigenvalue weighted by molar-refractivity contribution is 5.85. The van der Waals surface area contributed by atoms with Gasteiger partial charge in [-0.3, -0.25) is 0 Å². The third kappa shape index (κ3) is 2.36. The molecule has 0 bridgehead atoms. The van der Waals surface area contributed by atoms with E-state index in [4.69, 9.17) is 10.5 Å². The lowest BCUT2D eigenvalue weighted by molar-refractivity contribution is 0.394. The minimum atomic E-state index is 0. The van der Waals surface area contributed by atoms with E-state index in [1.807, 2.05) is 13.0 Å². The zero-order valence-electron chi connectivity index (χ0n) is 7.20. The number of rotatable bonds is 2. The maximum Gasteiger partial charge on any atom is 0.215 e. The van der Waals surface area contributed by atoms with Crippen LogP contribution in [0.15, 0.2) is 12.3 Å². The number of halogens is 1. The summed E-state index contributed by atoms with van der Waals surface area (Å²) in [4.78, 5) is 4.07. The molecule has 2 N–H and O–H groups in total. The Balaban J connectivity index is 0.00000121. The zero-order chi connectivity index (χ0) is 8.27. The molecule has 12 heavy (non-hydrogen) atoms. The number of hydrogen-bond donors (Lipinski definition) is 1. The molecule has 1 aromatic rings. The molecule has 0 aliphatic carbocycles. The van der Waals surface area contributed by atoms with Gasteiger partial charge in [0.05, 0.1) is 7.11 Å². The molecule has 0 radical (unpaired) electrons. The second-order valence-electron chi connectivity index (χ2n) is 2.37. The molecule has 0 amide bonds. The summed E-state index contributed by atoms with van der Waals surface area (Å²) in [6, 6.07) is 1.98. The predicted octanol–water partition coefficient (Wildman–Crippen LogP) is 1.28. The van der Waals surface area contributed by atoms with Gasteiger partial charge in [-0.1, -0.05) is 0 Å². The van der Waals surface area contributed by atoms with Gasteiger partial charge in [0.25, 0.3) is 0 Å². The highest BCUT2D eigenvalue weighted by Gasteiger charge is 1.98. The highest BCUT2D eigenvalue weighted by Crippen LogP contribution is 2.13. The zero-order valence-corrected chi connectivity index (χ0v) is 8.02. The Bertz CT molecular complexity index is 253. The standard InChI is InChI=1S/C8H12N2O.ClH/c1-6-3-7(4-9)5-10-8(6)11-2;/h3,5H,4,9H2,1-2H3;1H. The minimum Gasteiger partial charge on any atom is -0.481 e. The molecule has 0 saturated carbocycles. The molecule has 0 atom stereocenters. The van der Waals surface area contributed by atoms with Crippen molar-refractivity contribution in [3.05, 3.63) is 23.4 Å². The van der Waals surface area contributed by atoms with Gasteiger partial charge < -0.3 is 10.5 Å². The highest BCUT2D eigenvalue weighted by atomic mass is 35.5. The van der Waals surface area contributed by atoms with E-state index >= 15 is 0 Å². The van der Waals surface area contributed by atoms with Crippen molar-refractivity contribution in [2.75, 3.05) is 7.11 Å². The lowest BCUT2D eigenvalue weighted by atomic mass is 10.2. The summed E-state index contributed by atoms with van der Waals surface area (Å²) in [6.45, 7) is 2.48. The van der Waals surface area contributed by atoms with Gasteiger partial charge in [-0.05, 0) is 18.6 Å². The van der Waals surface area contributed by atoms with Crippen molar-refractivity contribution in [3.8, 4) is 5.88 Å². The van der Waals surface area contributed by atoms with Crippen molar-refractivity contribution >= 4 is 12.4 Å². The number of nitrogens with two attached hydrogens (primary N) is 1. The Morgan fingerprint density at radius 3 is 2.67 bits per heavy atom. The van der Waals surface area contributed by atoms with Gasteiger partial charge in [-0.2, -0.15) is 0 Å². The van der Waals surface area contributed by atoms with E-state index in [1.54, 1.807) is 13.3 Å². The van der Waals surface area contributed by atoms with E-state index in [0.717, 1.165) is 11.1 Å². The second kappa shape index (κ2) is 4.95. The van der Waals surface area contributed by atoms with E-state index in [2.05, 4.69) is 4.98 Å². The molecule has 1 aromatic heterocycles. The number of nitrogens with zero attached hydrogens (tertiary/aromatic N) is 1. The first-order valence-electron chi connectivity index (χ1n) is 3.47. The third-order valence-corrected chi connectivity index (χ3v) is 1.52. The number of methoxy groups -OCH3 is 1. The van der Waals surface area contributed by atoms with Crippen LogP contribution < -0.4 is 10.5 Å². The number of hydrogen-bond acceptors (Lipinski definition) is 3. The summed E-state index contributed by atoms with van der Waals surface area (Å²) in [7, 11) is 1.61. The summed E-state index contributed by atoms with van der Waals surface area (Å²) in [6.07, 6.45) is 1.73. The average molecular weight is 189 g/mol. The van der Waals surface area contributed by atoms with E-state index < -0.39 is 0 Å². The molecule has 0 aromatic carbocycles. The molecule has 1 rings (SSSR count). The molecule has 68 valence electrons. The van der Waals surface area contributed by atoms with E-state index in [0.29, 0.717) is 12.4 Å². The molecular formula is C8H13ClN2O. The number of aromatic nitrogens is 1. The summed E-state index contributed by atoms with van der Waals surface area (Å²) >= 11 is 0. The molecule has 4 heteroatoms. The van der Waals surface area contributed by atoms with E-state index in [9.17, 15) is 0 Å². The van der Waals surface area contributed by atoms with Gasteiger partial charge in [-0.25, -0.2) is 4.98 Å². The molecule has 0 aliphatic rings. The van der Waals surface area contributed by atoms with Crippen LogP contribution in [0, 0.1) is 6.92 Å². The monoisotopic (exact) mass is 188 g/mol. The molecule has 1 heterocycles. The lowest BCUT2D eigenvalue weighted by Gasteiger charge is -2.03. The van der Waals surface area contributed by atoms with Gasteiger partial charge in [0.2, 0.25) is 5.88 Å². The first-order valence-corrected chi connectivity index (χ1v) is 3.47. The Morgan fingerprint density at radius 1 is 1.58 bits per heavy atom. The van der Waals surface area contributed by atoms with Crippen molar-refractivity contribution in [1.82, 2.24) is 4.98 Å². The Kier molecular flexibility index (Phi) is 4.62. The van der Waals surface area contributed by atoms with Crippen molar-refractivity contribution < 1.29 is 4.74 Å². The molecule has 0 fully saturated rings. The lowest BCUT2D eigenvalue weighted by Crippen LogP contribution is -1.99. The van der Waals surface area contributed by atoms with Crippen LogP contribution in [0.2, 0.25) is 0 Å². The SMILES string of the molecule is COc1ncc(CN)cc1C.Cl. The molecular weight excluding hydrogens is 176 g/mol. The van der Waals surface area contributed by atoms with Crippen LogP contribution in [0.1, 0.15) is 11.1 Å². The minimum absolute atomic E-state index is 0. The van der Waals surface area contributed by atoms with Gasteiger partial charge in [0, 0.05) is 18.3 Å². The predicted molar refractivity (Wildman–Crippen MR) is 50.7 cm³/mol. The molecule has 0 aliphatic heterocycles. The van der Waals surface area contributed by atoms with Crippen LogP contribution in [0.4, 0.5) is 0 Å². The van der Waals surface area contributed by atoms with E-state index in [1.165, 1.54) is 0 Å². The largest absolute Gasteiger partial charge is 0.481 e. The fourth-order valence-corrected chi connectivity index (χ4v) is 0.946. The van der Waals surface area contributed by atoms with Gasteiger partial charge in [0.1, 0.15) is 0 Å². The van der Waals surface area contributed by atoms with Crippen LogP contribution in [0.25, 0.3) is 0 Å². The van der Waals surface area contributed by atoms with Crippen molar-refractivity contribution in [3.63, 3.8) is 0 Å². The second-order valence-corrected chi connectivity index (χ2v) is 2.37. The van der Waals surface area contributed by atoms with Crippen molar-refractivity contribution in [1.29, 1.82) is 0 Å². The average Bonchev–Trinajstić information content (AvgIpc) is 2.04. The molecule has 0 saturated heterocycles. The number of pyridine rings is 1. The van der Waals surface area contributed by atoms with Gasteiger partial charge in [0.15, 0.2) is 0 Å². The normalized spacial score (nSPS) is 8.92. The topological polar surface area (TPSA) is 48.1 Å². The van der Waals surface area contributed by atoms with Crippen LogP contribution in [-0.2, 0) is 6.54 Å². The first kappa shape index (κ1) is 11.2. The summed E-state index contributed by atoms with van der Waals surface area (Å²) in [5.41, 5.74) is 7.48. The Morgan fingerprint density at radius 2 is 2.25 bits per heavy atom. The van der Waals surface area contributed by atoms with Crippen LogP contribution in [0.3, 0.4) is 0 Å². The van der Waals surface area contributed by atoms with Crippen LogP contribution in [-0.4, -0.2) is 12.1 Å². The first-order chi connectivity index (χ1) is 5.27. The van der Waals surface area contributed by atoms with Crippen molar-refractivity contribution in [2.45, 2.75) is 13.5 Å². The summed E-state index contributed by atoms with van der Waals surface area (Å²) in [5, 5.41) is 0. The van der Waals surface area contributed by atoms with Gasteiger partial charge in [-0.15, -0.1) is 12.4 Å². The number of aryl methyl sites for hydroxylation is 1. The Hall–Kier alpha value is -0.800.